The summed E-state index contributed by atoms with van der Waals surface area (Å²) in [4.78, 5) is 16.2. The molecule has 4 aromatic rings. The zero-order valence-electron chi connectivity index (χ0n) is 22.1. The molecule has 4 heterocycles. The molecule has 2 saturated heterocycles. The Morgan fingerprint density at radius 3 is 2.54 bits per heavy atom. The van der Waals surface area contributed by atoms with Gasteiger partial charge in [-0.3, -0.25) is 0 Å². The lowest BCUT2D eigenvalue weighted by Crippen LogP contribution is -2.51. The van der Waals surface area contributed by atoms with Gasteiger partial charge in [-0.25, -0.2) is 4.79 Å². The number of benzene rings is 2. The number of rotatable bonds is 9. The third-order valence-corrected chi connectivity index (χ3v) is 9.14. The summed E-state index contributed by atoms with van der Waals surface area (Å²) in [5, 5.41) is 19.1. The minimum absolute atomic E-state index is 0.116. The maximum Gasteiger partial charge on any atom is 0.336 e. The Labute approximate surface area is 245 Å². The zero-order valence-corrected chi connectivity index (χ0v) is 23.6. The Morgan fingerprint density at radius 2 is 1.83 bits per heavy atom. The van der Waals surface area contributed by atoms with E-state index in [1.54, 1.807) is 30.3 Å². The highest BCUT2D eigenvalue weighted by Crippen LogP contribution is 2.54. The predicted octanol–water partition coefficient (Wildman–Crippen LogP) is 7.28. The van der Waals surface area contributed by atoms with Gasteiger partial charge >= 0.3 is 5.97 Å². The van der Waals surface area contributed by atoms with Crippen molar-refractivity contribution >= 4 is 29.2 Å². The summed E-state index contributed by atoms with van der Waals surface area (Å²) in [6.07, 6.45) is 5.34. The first-order valence-electron chi connectivity index (χ1n) is 13.7. The second-order valence-corrected chi connectivity index (χ2v) is 12.2. The fraction of sp³-hybridized carbons (Fsp3) is 0.400. The molecule has 2 aromatic heterocycles. The quantitative estimate of drug-likeness (QED) is 0.213. The summed E-state index contributed by atoms with van der Waals surface area (Å²) in [6.45, 7) is 1.41. The number of ether oxygens (including phenoxy) is 2. The van der Waals surface area contributed by atoms with Crippen LogP contribution in [0.3, 0.4) is 0 Å². The molecule has 212 valence electrons. The Balaban J connectivity index is 1.04. The van der Waals surface area contributed by atoms with Crippen LogP contribution in [0, 0.1) is 5.41 Å². The van der Waals surface area contributed by atoms with Crippen LogP contribution in [0.15, 0.2) is 51.5 Å². The lowest BCUT2D eigenvalue weighted by Gasteiger charge is -2.51. The summed E-state index contributed by atoms with van der Waals surface area (Å²) < 4.78 is 24.2. The lowest BCUT2D eigenvalue weighted by atomic mass is 9.66. The monoisotopic (exact) mass is 595 g/mol. The van der Waals surface area contributed by atoms with E-state index in [9.17, 15) is 9.90 Å². The average molecular weight is 596 g/mol. The number of aromatic carboxylic acids is 1. The molecule has 4 fully saturated rings. The molecule has 2 aliphatic heterocycles. The van der Waals surface area contributed by atoms with Gasteiger partial charge < -0.3 is 23.6 Å². The average Bonchev–Trinajstić information content (AvgIpc) is 3.54. The van der Waals surface area contributed by atoms with E-state index in [2.05, 4.69) is 15.3 Å². The van der Waals surface area contributed by atoms with Crippen molar-refractivity contribution in [3.63, 3.8) is 0 Å². The summed E-state index contributed by atoms with van der Waals surface area (Å²) in [7, 11) is 0. The van der Waals surface area contributed by atoms with E-state index in [1.807, 2.05) is 6.07 Å². The normalized spacial score (nSPS) is 23.7. The van der Waals surface area contributed by atoms with Gasteiger partial charge in [-0.05, 0) is 62.8 Å². The van der Waals surface area contributed by atoms with Crippen LogP contribution in [0.5, 0.6) is 0 Å². The fourth-order valence-electron chi connectivity index (χ4n) is 6.00. The Bertz CT molecular complexity index is 1600. The molecule has 0 spiro atoms. The number of aromatic nitrogens is 3. The number of fused-ring (bicyclic) bond motifs is 3. The van der Waals surface area contributed by atoms with Crippen molar-refractivity contribution < 1.29 is 28.4 Å². The van der Waals surface area contributed by atoms with Crippen molar-refractivity contribution in [2.24, 2.45) is 5.41 Å². The number of hydrogen-bond acceptors (Lipinski definition) is 8. The molecule has 1 N–H and O–H groups in total. The number of carboxylic acids is 1. The largest absolute Gasteiger partial charge is 0.478 e. The zero-order chi connectivity index (χ0) is 28.2. The van der Waals surface area contributed by atoms with Crippen LogP contribution in [0.4, 0.5) is 0 Å². The van der Waals surface area contributed by atoms with Crippen molar-refractivity contribution in [1.82, 2.24) is 15.3 Å². The van der Waals surface area contributed by atoms with Crippen molar-refractivity contribution in [2.75, 3.05) is 13.2 Å². The Morgan fingerprint density at radius 1 is 1.02 bits per heavy atom. The van der Waals surface area contributed by atoms with Crippen molar-refractivity contribution in [2.45, 2.75) is 56.7 Å². The SMILES string of the molecule is O=C(O)c1ccccc1-c1noc(C23CCC(COCc4c(-c5ccc(Cl)cc5Cl)noc4C4CC4)(CC2)CO3)n1. The molecule has 41 heavy (non-hydrogen) atoms. The maximum atomic E-state index is 11.7. The number of carbonyl (C=O) groups is 1. The van der Waals surface area contributed by atoms with Crippen LogP contribution in [0.1, 0.15) is 72.0 Å². The van der Waals surface area contributed by atoms with Gasteiger partial charge in [-0.15, -0.1) is 0 Å². The molecule has 0 atom stereocenters. The van der Waals surface area contributed by atoms with E-state index in [1.165, 1.54) is 6.07 Å². The maximum absolute atomic E-state index is 11.7. The minimum Gasteiger partial charge on any atom is -0.478 e. The molecule has 0 unspecified atom stereocenters. The third-order valence-electron chi connectivity index (χ3n) is 8.59. The smallest absolute Gasteiger partial charge is 0.336 e. The minimum atomic E-state index is -1.04. The molecule has 2 aliphatic carbocycles. The van der Waals surface area contributed by atoms with Crippen LogP contribution >= 0.6 is 23.2 Å². The Hall–Kier alpha value is -3.24. The number of hydrogen-bond donors (Lipinski definition) is 1. The number of halogens is 2. The fourth-order valence-corrected chi connectivity index (χ4v) is 6.50. The molecule has 2 bridgehead atoms. The van der Waals surface area contributed by atoms with E-state index in [0.29, 0.717) is 65.8 Å². The van der Waals surface area contributed by atoms with Crippen LogP contribution in [0.25, 0.3) is 22.6 Å². The summed E-state index contributed by atoms with van der Waals surface area (Å²) in [6, 6.07) is 12.0. The molecule has 2 aromatic carbocycles. The topological polar surface area (TPSA) is 121 Å². The molecule has 11 heteroatoms. The summed E-state index contributed by atoms with van der Waals surface area (Å²) >= 11 is 12.6. The van der Waals surface area contributed by atoms with Crippen molar-refractivity contribution in [3.8, 4) is 22.6 Å². The lowest BCUT2D eigenvalue weighted by molar-refractivity contribution is -0.215. The first kappa shape index (κ1) is 26.6. The Kier molecular flexibility index (Phi) is 6.65. The second-order valence-electron chi connectivity index (χ2n) is 11.3. The predicted molar refractivity (Wildman–Crippen MR) is 149 cm³/mol. The van der Waals surface area contributed by atoms with E-state index < -0.39 is 11.6 Å². The highest BCUT2D eigenvalue weighted by molar-refractivity contribution is 6.36. The molecule has 4 aliphatic rings. The van der Waals surface area contributed by atoms with Crippen LogP contribution in [0.2, 0.25) is 10.0 Å². The molecule has 2 saturated carbocycles. The molecule has 9 nitrogen and oxygen atoms in total. The van der Waals surface area contributed by atoms with Crippen LogP contribution < -0.4 is 0 Å². The first-order chi connectivity index (χ1) is 19.9. The second kappa shape index (κ2) is 10.2. The van der Waals surface area contributed by atoms with Gasteiger partial charge in [0.2, 0.25) is 5.82 Å². The van der Waals surface area contributed by atoms with Gasteiger partial charge in [-0.1, -0.05) is 51.7 Å². The van der Waals surface area contributed by atoms with Gasteiger partial charge in [-0.2, -0.15) is 4.98 Å². The van der Waals surface area contributed by atoms with Gasteiger partial charge in [0.25, 0.3) is 5.89 Å². The number of carboxylic acid groups (broad SMARTS) is 1. The molecule has 0 radical (unpaired) electrons. The van der Waals surface area contributed by atoms with Crippen LogP contribution in [-0.2, 0) is 21.7 Å². The summed E-state index contributed by atoms with van der Waals surface area (Å²) in [5.41, 5.74) is 2.17. The van der Waals surface area contributed by atoms with E-state index in [4.69, 9.17) is 41.7 Å². The van der Waals surface area contributed by atoms with Crippen LogP contribution in [-0.4, -0.2) is 39.6 Å². The highest BCUT2D eigenvalue weighted by atomic mass is 35.5. The van der Waals surface area contributed by atoms with E-state index in [-0.39, 0.29) is 16.8 Å². The molecular weight excluding hydrogens is 569 g/mol. The van der Waals surface area contributed by atoms with Gasteiger partial charge in [0.05, 0.1) is 30.4 Å². The standard InChI is InChI=1S/C30H27Cl2N3O6/c31-18-7-8-21(23(32)13-18)24-22(25(40-34-24)17-5-6-17)14-38-15-29-9-11-30(12-10-29,39-16-29)28-33-26(35-41-28)19-3-1-2-4-20(19)27(36)37/h1-4,7-8,13,17H,5-6,9-12,14-16H2,(H,36,37). The third kappa shape index (κ3) is 4.84. The van der Waals surface area contributed by atoms with E-state index in [0.717, 1.165) is 42.6 Å². The number of nitrogens with zero attached hydrogens (tertiary/aromatic N) is 3. The van der Waals surface area contributed by atoms with E-state index >= 15 is 0 Å². The highest BCUT2D eigenvalue weighted by Gasteiger charge is 2.53. The first-order valence-corrected chi connectivity index (χ1v) is 14.4. The molecular formula is C30H27Cl2N3O6. The van der Waals surface area contributed by atoms with Gasteiger partial charge in [0.1, 0.15) is 17.1 Å². The van der Waals surface area contributed by atoms with Gasteiger partial charge in [0, 0.05) is 33.0 Å². The molecule has 0 amide bonds. The van der Waals surface area contributed by atoms with Gasteiger partial charge in [0.15, 0.2) is 0 Å². The molecule has 8 rings (SSSR count). The van der Waals surface area contributed by atoms with Crippen molar-refractivity contribution in [1.29, 1.82) is 0 Å². The van der Waals surface area contributed by atoms with Crippen molar-refractivity contribution in [3.05, 3.63) is 75.3 Å². The summed E-state index contributed by atoms with van der Waals surface area (Å²) in [5.74, 6) is 0.848.